The van der Waals surface area contributed by atoms with Crippen LogP contribution in [-0.2, 0) is 0 Å². The summed E-state index contributed by atoms with van der Waals surface area (Å²) in [7, 11) is 0. The lowest BCUT2D eigenvalue weighted by molar-refractivity contribution is 0.477. The maximum absolute atomic E-state index is 9.65. The van der Waals surface area contributed by atoms with Crippen molar-refractivity contribution in [2.45, 2.75) is 6.92 Å². The second-order valence-electron chi connectivity index (χ2n) is 2.91. The molecule has 0 aliphatic carbocycles. The summed E-state index contributed by atoms with van der Waals surface area (Å²) in [5, 5.41) is 25.0. The fraction of sp³-hybridized carbons (Fsp3) is 0.111. The van der Waals surface area contributed by atoms with E-state index in [-0.39, 0.29) is 16.6 Å². The summed E-state index contributed by atoms with van der Waals surface area (Å²) in [5.41, 5.74) is 0.419. The predicted molar refractivity (Wildman–Crippen MR) is 54.5 cm³/mol. The lowest BCUT2D eigenvalue weighted by atomic mass is 10.2. The van der Waals surface area contributed by atoms with E-state index in [1.165, 1.54) is 0 Å². The Bertz CT molecular complexity index is 486. The third kappa shape index (κ3) is 1.87. The fourth-order valence-corrected chi connectivity index (χ4v) is 1.26. The molecular formula is C9H7ClN4O. The van der Waals surface area contributed by atoms with E-state index in [9.17, 15) is 5.11 Å². The van der Waals surface area contributed by atoms with Gasteiger partial charge in [0.25, 0.3) is 0 Å². The van der Waals surface area contributed by atoms with E-state index in [0.29, 0.717) is 11.4 Å². The number of para-hydroxylation sites is 1. The molecule has 1 N–H and O–H groups in total. The molecule has 5 nitrogen and oxygen atoms in total. The van der Waals surface area contributed by atoms with Crippen LogP contribution in [-0.4, -0.2) is 25.5 Å². The number of aryl methyl sites for hydroxylation is 1. The molecule has 0 spiro atoms. The second-order valence-corrected chi connectivity index (χ2v) is 3.31. The minimum atomic E-state index is -0.0633. The Morgan fingerprint density at radius 3 is 2.47 bits per heavy atom. The molecule has 0 aliphatic heterocycles. The van der Waals surface area contributed by atoms with Gasteiger partial charge in [-0.1, -0.05) is 17.7 Å². The SMILES string of the molecule is Cc1nnc(-c2cccc(Cl)c2O)nn1. The molecule has 1 heterocycles. The van der Waals surface area contributed by atoms with Gasteiger partial charge in [-0.25, -0.2) is 0 Å². The van der Waals surface area contributed by atoms with Crippen molar-refractivity contribution in [2.24, 2.45) is 0 Å². The van der Waals surface area contributed by atoms with Crippen LogP contribution in [0.3, 0.4) is 0 Å². The summed E-state index contributed by atoms with van der Waals surface area (Å²) in [4.78, 5) is 0. The zero-order valence-corrected chi connectivity index (χ0v) is 8.60. The van der Waals surface area contributed by atoms with Crippen molar-refractivity contribution in [1.82, 2.24) is 20.4 Å². The van der Waals surface area contributed by atoms with Crippen LogP contribution >= 0.6 is 11.6 Å². The number of nitrogens with zero attached hydrogens (tertiary/aromatic N) is 4. The van der Waals surface area contributed by atoms with Crippen molar-refractivity contribution in [3.8, 4) is 17.1 Å². The Kier molecular flexibility index (Phi) is 2.47. The van der Waals surface area contributed by atoms with Crippen LogP contribution in [0.5, 0.6) is 5.75 Å². The topological polar surface area (TPSA) is 71.8 Å². The zero-order chi connectivity index (χ0) is 10.8. The van der Waals surface area contributed by atoms with E-state index in [1.807, 2.05) is 0 Å². The first-order chi connectivity index (χ1) is 7.18. The minimum absolute atomic E-state index is 0.0633. The number of halogens is 1. The first-order valence-electron chi connectivity index (χ1n) is 4.20. The normalized spacial score (nSPS) is 10.3. The summed E-state index contributed by atoms with van der Waals surface area (Å²) in [6, 6.07) is 4.92. The monoisotopic (exact) mass is 222 g/mol. The van der Waals surface area contributed by atoms with Crippen LogP contribution in [0, 0.1) is 6.92 Å². The molecule has 0 saturated carbocycles. The largest absolute Gasteiger partial charge is 0.506 e. The second kappa shape index (κ2) is 3.78. The highest BCUT2D eigenvalue weighted by molar-refractivity contribution is 6.32. The lowest BCUT2D eigenvalue weighted by Gasteiger charge is -2.02. The fourth-order valence-electron chi connectivity index (χ4n) is 1.08. The third-order valence-electron chi connectivity index (χ3n) is 1.81. The molecule has 0 radical (unpaired) electrons. The third-order valence-corrected chi connectivity index (χ3v) is 2.11. The average molecular weight is 223 g/mol. The minimum Gasteiger partial charge on any atom is -0.506 e. The Hall–Kier alpha value is -1.75. The highest BCUT2D eigenvalue weighted by Gasteiger charge is 2.10. The van der Waals surface area contributed by atoms with E-state index in [1.54, 1.807) is 25.1 Å². The number of aromatic nitrogens is 4. The first-order valence-corrected chi connectivity index (χ1v) is 4.58. The molecule has 2 aromatic rings. The van der Waals surface area contributed by atoms with Gasteiger partial charge in [0, 0.05) is 0 Å². The van der Waals surface area contributed by atoms with E-state index < -0.39 is 0 Å². The maximum Gasteiger partial charge on any atom is 0.207 e. The number of hydrogen-bond donors (Lipinski definition) is 1. The predicted octanol–water partition coefficient (Wildman–Crippen LogP) is 1.60. The number of phenolic OH excluding ortho intramolecular Hbond substituents is 1. The molecule has 0 aliphatic rings. The standard InChI is InChI=1S/C9H7ClN4O/c1-5-11-13-9(14-12-5)6-3-2-4-7(10)8(6)15/h2-4,15H,1H3. The molecule has 0 fully saturated rings. The highest BCUT2D eigenvalue weighted by Crippen LogP contribution is 2.32. The Balaban J connectivity index is 2.54. The van der Waals surface area contributed by atoms with E-state index >= 15 is 0 Å². The van der Waals surface area contributed by atoms with Crippen LogP contribution in [0.25, 0.3) is 11.4 Å². The van der Waals surface area contributed by atoms with Crippen LogP contribution in [0.1, 0.15) is 5.82 Å². The number of hydrogen-bond acceptors (Lipinski definition) is 5. The summed E-state index contributed by atoms with van der Waals surface area (Å²) in [5.74, 6) is 0.660. The molecule has 76 valence electrons. The summed E-state index contributed by atoms with van der Waals surface area (Å²) >= 11 is 5.75. The molecule has 6 heteroatoms. The summed E-state index contributed by atoms with van der Waals surface area (Å²) in [6.45, 7) is 1.68. The van der Waals surface area contributed by atoms with Gasteiger partial charge < -0.3 is 5.11 Å². The first kappa shape index (κ1) is 9.79. The van der Waals surface area contributed by atoms with Gasteiger partial charge >= 0.3 is 0 Å². The van der Waals surface area contributed by atoms with Crippen LogP contribution in [0.4, 0.5) is 0 Å². The van der Waals surface area contributed by atoms with Gasteiger partial charge in [-0.05, 0) is 19.1 Å². The molecule has 2 rings (SSSR count). The molecule has 1 aromatic carbocycles. The van der Waals surface area contributed by atoms with E-state index in [4.69, 9.17) is 11.6 Å². The molecule has 1 aromatic heterocycles. The Morgan fingerprint density at radius 2 is 1.80 bits per heavy atom. The molecular weight excluding hydrogens is 216 g/mol. The molecule has 15 heavy (non-hydrogen) atoms. The molecule has 0 saturated heterocycles. The van der Waals surface area contributed by atoms with Gasteiger partial charge in [0.2, 0.25) is 5.82 Å². The van der Waals surface area contributed by atoms with Gasteiger partial charge in [-0.2, -0.15) is 0 Å². The van der Waals surface area contributed by atoms with Crippen LogP contribution < -0.4 is 0 Å². The summed E-state index contributed by atoms with van der Waals surface area (Å²) < 4.78 is 0. The summed E-state index contributed by atoms with van der Waals surface area (Å²) in [6.07, 6.45) is 0. The maximum atomic E-state index is 9.65. The number of phenols is 1. The van der Waals surface area contributed by atoms with Crippen LogP contribution in [0.2, 0.25) is 5.02 Å². The molecule has 0 amide bonds. The smallest absolute Gasteiger partial charge is 0.207 e. The average Bonchev–Trinajstić information content (AvgIpc) is 2.24. The van der Waals surface area contributed by atoms with Gasteiger partial charge in [-0.15, -0.1) is 20.4 Å². The van der Waals surface area contributed by atoms with Crippen molar-refractivity contribution in [3.63, 3.8) is 0 Å². The molecule has 0 atom stereocenters. The van der Waals surface area contributed by atoms with Crippen molar-refractivity contribution >= 4 is 11.6 Å². The molecule has 0 bridgehead atoms. The highest BCUT2D eigenvalue weighted by atomic mass is 35.5. The van der Waals surface area contributed by atoms with Crippen LogP contribution in [0.15, 0.2) is 18.2 Å². The van der Waals surface area contributed by atoms with Crippen molar-refractivity contribution in [2.75, 3.05) is 0 Å². The quantitative estimate of drug-likeness (QED) is 0.794. The van der Waals surface area contributed by atoms with Crippen molar-refractivity contribution in [1.29, 1.82) is 0 Å². The van der Waals surface area contributed by atoms with Gasteiger partial charge in [0.1, 0.15) is 5.75 Å². The van der Waals surface area contributed by atoms with Gasteiger partial charge in [0.15, 0.2) is 5.82 Å². The van der Waals surface area contributed by atoms with E-state index in [0.717, 1.165) is 0 Å². The number of aromatic hydroxyl groups is 1. The number of rotatable bonds is 1. The van der Waals surface area contributed by atoms with Gasteiger partial charge in [0.05, 0.1) is 10.6 Å². The van der Waals surface area contributed by atoms with E-state index in [2.05, 4.69) is 20.4 Å². The van der Waals surface area contributed by atoms with Crippen molar-refractivity contribution in [3.05, 3.63) is 29.0 Å². The Morgan fingerprint density at radius 1 is 1.13 bits per heavy atom. The van der Waals surface area contributed by atoms with Gasteiger partial charge in [-0.3, -0.25) is 0 Å². The van der Waals surface area contributed by atoms with Crippen molar-refractivity contribution < 1.29 is 5.11 Å². The Labute approximate surface area is 90.8 Å². The number of benzene rings is 1. The zero-order valence-electron chi connectivity index (χ0n) is 7.85. The molecule has 0 unspecified atom stereocenters. The lowest BCUT2D eigenvalue weighted by Crippen LogP contribution is -1.98.